The molecule has 0 aromatic carbocycles. The first kappa shape index (κ1) is 18.5. The third kappa shape index (κ3) is 5.27. The number of aliphatic carboxylic acids is 1. The molecule has 0 amide bonds. The molecule has 0 saturated heterocycles. The molecule has 0 aromatic heterocycles. The minimum Gasteiger partial charge on any atom is -0.478 e. The average molecular weight is 320 g/mol. The van der Waals surface area contributed by atoms with Gasteiger partial charge in [-0.1, -0.05) is 0 Å². The number of carboxylic acid groups (broad SMARTS) is 1. The molecule has 0 unspecified atom stereocenters. The Kier molecular flexibility index (Phi) is 5.46. The second kappa shape index (κ2) is 5.89. The average Bonchev–Trinajstić information content (AvgIpc) is 2.11. The van der Waals surface area contributed by atoms with Crippen molar-refractivity contribution in [2.75, 3.05) is 0 Å². The van der Waals surface area contributed by atoms with Crippen LogP contribution in [0.2, 0.25) is 0 Å². The molecule has 0 bridgehead atoms. The molecule has 0 atom stereocenters. The van der Waals surface area contributed by atoms with Crippen LogP contribution in [0.5, 0.6) is 0 Å². The Hall–Kier alpha value is -1.46. The van der Waals surface area contributed by atoms with Crippen LogP contribution in [0.1, 0.15) is 12.8 Å². The number of carboxylic acids is 1. The zero-order valence-electron chi connectivity index (χ0n) is 9.08. The lowest BCUT2D eigenvalue weighted by Gasteiger charge is -2.25. The third-order valence-electron chi connectivity index (χ3n) is 1.76. The highest BCUT2D eigenvalue weighted by Crippen LogP contribution is 2.41. The van der Waals surface area contributed by atoms with Crippen LogP contribution in [0.15, 0.2) is 11.7 Å². The van der Waals surface area contributed by atoms with Gasteiger partial charge in [0.05, 0.1) is 0 Å². The minimum absolute atomic E-state index is 1.67. The van der Waals surface area contributed by atoms with E-state index in [1.54, 1.807) is 0 Å². The summed E-state index contributed by atoms with van der Waals surface area (Å²) in [4.78, 5) is 10.2. The van der Waals surface area contributed by atoms with Crippen molar-refractivity contribution in [1.29, 1.82) is 0 Å². The normalized spacial score (nSPS) is 13.2. The Balaban J connectivity index is 4.86. The quantitative estimate of drug-likeness (QED) is 0.599. The Morgan fingerprint density at radius 1 is 1.00 bits per heavy atom. The fourth-order valence-corrected chi connectivity index (χ4v) is 0.849. The molecule has 20 heavy (non-hydrogen) atoms. The van der Waals surface area contributed by atoms with Crippen molar-refractivity contribution in [1.82, 2.24) is 0 Å². The molecule has 0 saturated carbocycles. The van der Waals surface area contributed by atoms with Crippen LogP contribution in [-0.2, 0) is 9.53 Å². The van der Waals surface area contributed by atoms with E-state index in [0.29, 0.717) is 0 Å². The first-order valence-corrected chi connectivity index (χ1v) is 4.49. The topological polar surface area (TPSA) is 46.5 Å². The van der Waals surface area contributed by atoms with Crippen molar-refractivity contribution in [2.45, 2.75) is 31.2 Å². The maximum Gasteiger partial charge on any atom is 0.483 e. The van der Waals surface area contributed by atoms with Crippen LogP contribution in [0.4, 0.5) is 39.5 Å². The molecule has 0 aliphatic carbocycles. The van der Waals surface area contributed by atoms with E-state index >= 15 is 0 Å². The van der Waals surface area contributed by atoms with Crippen LogP contribution in [-0.4, -0.2) is 29.5 Å². The zero-order valence-corrected chi connectivity index (χ0v) is 9.08. The van der Waals surface area contributed by atoms with Gasteiger partial charge in [0.15, 0.2) is 0 Å². The standard InChI is InChI=1S/C8H5F9O3/c9-4(10)3(5(18)19)1-2-6(11,12)20-8(16,17)7(13,14)15/h1-2H2,(H,18,19). The van der Waals surface area contributed by atoms with Crippen molar-refractivity contribution in [2.24, 2.45) is 0 Å². The molecule has 0 spiro atoms. The number of ether oxygens (including phenoxy) is 1. The lowest BCUT2D eigenvalue weighted by Crippen LogP contribution is -2.44. The summed E-state index contributed by atoms with van der Waals surface area (Å²) in [6.45, 7) is 0. The van der Waals surface area contributed by atoms with Crippen molar-refractivity contribution < 1.29 is 54.2 Å². The maximum absolute atomic E-state index is 12.7. The second-order valence-corrected chi connectivity index (χ2v) is 3.30. The van der Waals surface area contributed by atoms with E-state index in [1.165, 1.54) is 0 Å². The summed E-state index contributed by atoms with van der Waals surface area (Å²) in [5, 5.41) is 8.15. The van der Waals surface area contributed by atoms with Gasteiger partial charge in [-0.2, -0.15) is 39.5 Å². The molecule has 1 N–H and O–H groups in total. The van der Waals surface area contributed by atoms with Crippen LogP contribution >= 0.6 is 0 Å². The molecule has 118 valence electrons. The van der Waals surface area contributed by atoms with Gasteiger partial charge in [-0.15, -0.1) is 0 Å². The highest BCUT2D eigenvalue weighted by atomic mass is 19.4. The first-order valence-electron chi connectivity index (χ1n) is 4.49. The van der Waals surface area contributed by atoms with Gasteiger partial charge in [-0.3, -0.25) is 0 Å². The molecule has 0 radical (unpaired) electrons. The van der Waals surface area contributed by atoms with E-state index in [2.05, 4.69) is 4.74 Å². The van der Waals surface area contributed by atoms with Gasteiger partial charge >= 0.3 is 24.4 Å². The fraction of sp³-hybridized carbons (Fsp3) is 0.625. The van der Waals surface area contributed by atoms with Crippen molar-refractivity contribution in [3.63, 3.8) is 0 Å². The smallest absolute Gasteiger partial charge is 0.478 e. The number of carbonyl (C=O) groups is 1. The van der Waals surface area contributed by atoms with Gasteiger partial charge in [-0.25, -0.2) is 9.53 Å². The summed E-state index contributed by atoms with van der Waals surface area (Å²) in [5.74, 6) is -2.32. The van der Waals surface area contributed by atoms with Crippen molar-refractivity contribution >= 4 is 5.97 Å². The van der Waals surface area contributed by atoms with Gasteiger partial charge in [-0.05, 0) is 6.42 Å². The summed E-state index contributed by atoms with van der Waals surface area (Å²) < 4.78 is 111. The van der Waals surface area contributed by atoms with Crippen LogP contribution in [0, 0.1) is 0 Å². The highest BCUT2D eigenvalue weighted by molar-refractivity contribution is 5.86. The molecule has 12 heteroatoms. The monoisotopic (exact) mass is 320 g/mol. The van der Waals surface area contributed by atoms with Crippen molar-refractivity contribution in [3.8, 4) is 0 Å². The van der Waals surface area contributed by atoms with Crippen LogP contribution in [0.25, 0.3) is 0 Å². The highest BCUT2D eigenvalue weighted by Gasteiger charge is 2.63. The fourth-order valence-electron chi connectivity index (χ4n) is 0.849. The third-order valence-corrected chi connectivity index (χ3v) is 1.76. The zero-order chi connectivity index (χ0) is 16.4. The van der Waals surface area contributed by atoms with Gasteiger partial charge in [0.2, 0.25) is 0 Å². The predicted octanol–water partition coefficient (Wildman–Crippen LogP) is 3.77. The summed E-state index contributed by atoms with van der Waals surface area (Å²) >= 11 is 0. The Bertz CT molecular complexity index is 394. The Morgan fingerprint density at radius 2 is 1.45 bits per heavy atom. The predicted molar refractivity (Wildman–Crippen MR) is 43.1 cm³/mol. The molecule has 0 fully saturated rings. The lowest BCUT2D eigenvalue weighted by molar-refractivity contribution is -0.457. The van der Waals surface area contributed by atoms with E-state index < -0.39 is 48.9 Å². The molecule has 0 aliphatic rings. The van der Waals surface area contributed by atoms with Crippen molar-refractivity contribution in [3.05, 3.63) is 11.7 Å². The number of hydrogen-bond donors (Lipinski definition) is 1. The second-order valence-electron chi connectivity index (χ2n) is 3.30. The summed E-state index contributed by atoms with van der Waals surface area (Å²) in [7, 11) is 0. The molecular formula is C8H5F9O3. The first-order chi connectivity index (χ1) is 8.69. The van der Waals surface area contributed by atoms with Gasteiger partial charge in [0.1, 0.15) is 5.57 Å². The largest absolute Gasteiger partial charge is 0.483 e. The van der Waals surface area contributed by atoms with E-state index in [0.717, 1.165) is 0 Å². The van der Waals surface area contributed by atoms with E-state index in [9.17, 15) is 44.3 Å². The maximum atomic E-state index is 12.7. The van der Waals surface area contributed by atoms with Gasteiger partial charge < -0.3 is 5.11 Å². The minimum atomic E-state index is -6.44. The summed E-state index contributed by atoms with van der Waals surface area (Å²) in [5.41, 5.74) is -1.84. The number of rotatable bonds is 6. The van der Waals surface area contributed by atoms with E-state index in [-0.39, 0.29) is 0 Å². The summed E-state index contributed by atoms with van der Waals surface area (Å²) in [6.07, 6.45) is -24.5. The molecule has 0 aromatic rings. The SMILES string of the molecule is O=C(O)C(CCC(F)(F)OC(F)(F)C(F)(F)F)=C(F)F. The molecule has 0 aliphatic heterocycles. The summed E-state index contributed by atoms with van der Waals surface area (Å²) in [6, 6.07) is 0. The molecule has 0 heterocycles. The Morgan fingerprint density at radius 3 is 1.75 bits per heavy atom. The number of hydrogen-bond acceptors (Lipinski definition) is 2. The number of halogens is 9. The van der Waals surface area contributed by atoms with Gasteiger partial charge in [0.25, 0.3) is 6.08 Å². The molecule has 0 rings (SSSR count). The Labute approximate surface area is 104 Å². The van der Waals surface area contributed by atoms with Crippen LogP contribution < -0.4 is 0 Å². The van der Waals surface area contributed by atoms with E-state index in [4.69, 9.17) is 5.11 Å². The van der Waals surface area contributed by atoms with Gasteiger partial charge in [0, 0.05) is 6.42 Å². The lowest BCUT2D eigenvalue weighted by atomic mass is 10.1. The van der Waals surface area contributed by atoms with Crippen LogP contribution in [0.3, 0.4) is 0 Å². The molecular weight excluding hydrogens is 315 g/mol. The van der Waals surface area contributed by atoms with E-state index in [1.807, 2.05) is 0 Å². The number of alkyl halides is 7. The molecule has 3 nitrogen and oxygen atoms in total.